The molecule has 0 aromatic heterocycles. The number of hydrogen-bond donors (Lipinski definition) is 0. The maximum atomic E-state index is 14.3. The molecule has 1 rings (SSSR count). The summed E-state index contributed by atoms with van der Waals surface area (Å²) < 4.78 is 358. The standard InChI is InChI=1S/C23H20F26O2/c1-11(2)7-50-10(51-8-11)9(3-5-12(24,25)14(28,29)16(32,33)18(36,37)20(40,41)22(44,45)46)4-6-13(26,27)15(30,31)17(34,35)19(38,39)21(42,43)23(47,48)49/h9-10H,3-8H2,1-2H3. The van der Waals surface area contributed by atoms with Crippen LogP contribution in [0.4, 0.5) is 114 Å². The molecule has 1 aliphatic heterocycles. The van der Waals surface area contributed by atoms with Crippen molar-refractivity contribution >= 4 is 0 Å². The summed E-state index contributed by atoms with van der Waals surface area (Å²) in [7, 11) is 0. The van der Waals surface area contributed by atoms with E-state index in [2.05, 4.69) is 0 Å². The fourth-order valence-electron chi connectivity index (χ4n) is 4.05. The second kappa shape index (κ2) is 13.1. The fourth-order valence-corrected chi connectivity index (χ4v) is 4.05. The molecule has 0 N–H and O–H groups in total. The third-order valence-corrected chi connectivity index (χ3v) is 7.32. The lowest BCUT2D eigenvalue weighted by atomic mass is 9.86. The van der Waals surface area contributed by atoms with Gasteiger partial charge >= 0.3 is 71.6 Å². The molecular formula is C23H20F26O2. The van der Waals surface area contributed by atoms with E-state index in [-0.39, 0.29) is 0 Å². The topological polar surface area (TPSA) is 18.5 Å². The molecule has 0 atom stereocenters. The summed E-state index contributed by atoms with van der Waals surface area (Å²) in [5.74, 6) is -82.1. The minimum atomic E-state index is -8.37. The molecule has 1 fully saturated rings. The predicted octanol–water partition coefficient (Wildman–Crippen LogP) is 11.0. The Hall–Kier alpha value is -1.90. The maximum Gasteiger partial charge on any atom is 0.460 e. The van der Waals surface area contributed by atoms with Crippen LogP contribution in [0.5, 0.6) is 0 Å². The first-order valence-electron chi connectivity index (χ1n) is 13.0. The lowest BCUT2D eigenvalue weighted by Crippen LogP contribution is -2.70. The van der Waals surface area contributed by atoms with Crippen LogP contribution in [0.25, 0.3) is 0 Å². The highest BCUT2D eigenvalue weighted by Crippen LogP contribution is 2.63. The Morgan fingerprint density at radius 2 is 0.647 bits per heavy atom. The zero-order valence-corrected chi connectivity index (χ0v) is 24.5. The molecule has 1 heterocycles. The van der Waals surface area contributed by atoms with Crippen LogP contribution in [0.15, 0.2) is 0 Å². The van der Waals surface area contributed by atoms with Gasteiger partial charge in [0.2, 0.25) is 0 Å². The van der Waals surface area contributed by atoms with E-state index < -0.39 is 128 Å². The molecule has 1 saturated heterocycles. The van der Waals surface area contributed by atoms with E-state index in [0.29, 0.717) is 0 Å². The summed E-state index contributed by atoms with van der Waals surface area (Å²) >= 11 is 0. The minimum absolute atomic E-state index is 0.721. The Morgan fingerprint density at radius 1 is 0.412 bits per heavy atom. The molecule has 0 radical (unpaired) electrons. The lowest BCUT2D eigenvalue weighted by Gasteiger charge is -2.42. The number of halogens is 26. The van der Waals surface area contributed by atoms with Gasteiger partial charge in [0.1, 0.15) is 0 Å². The first-order chi connectivity index (χ1) is 21.9. The molecule has 2 nitrogen and oxygen atoms in total. The van der Waals surface area contributed by atoms with Crippen molar-refractivity contribution in [2.24, 2.45) is 11.3 Å². The normalized spacial score (nSPS) is 19.2. The van der Waals surface area contributed by atoms with Crippen LogP contribution >= 0.6 is 0 Å². The molecule has 0 bridgehead atoms. The van der Waals surface area contributed by atoms with Crippen molar-refractivity contribution in [1.82, 2.24) is 0 Å². The molecule has 0 saturated carbocycles. The summed E-state index contributed by atoms with van der Waals surface area (Å²) in [4.78, 5) is 0. The molecule has 0 aromatic carbocycles. The van der Waals surface area contributed by atoms with Gasteiger partial charge in [-0.2, -0.15) is 114 Å². The average Bonchev–Trinajstić information content (AvgIpc) is 2.91. The van der Waals surface area contributed by atoms with Crippen molar-refractivity contribution in [3.8, 4) is 0 Å². The second-order valence-corrected chi connectivity index (χ2v) is 12.0. The van der Waals surface area contributed by atoms with Crippen LogP contribution in [0.2, 0.25) is 0 Å². The molecule has 0 aromatic rings. The van der Waals surface area contributed by atoms with Crippen LogP contribution < -0.4 is 0 Å². The van der Waals surface area contributed by atoms with Crippen molar-refractivity contribution in [3.05, 3.63) is 0 Å². The maximum absolute atomic E-state index is 14.3. The number of hydrogen-bond acceptors (Lipinski definition) is 2. The van der Waals surface area contributed by atoms with E-state index in [1.807, 2.05) is 0 Å². The second-order valence-electron chi connectivity index (χ2n) is 12.0. The molecule has 51 heavy (non-hydrogen) atoms. The molecule has 1 aliphatic rings. The number of rotatable bonds is 15. The molecule has 0 aliphatic carbocycles. The SMILES string of the molecule is CC1(C)COC(C(CCC(F)(F)C(F)(F)C(F)(F)C(F)(F)C(F)(F)C(F)(F)F)CCC(F)(F)C(F)(F)C(F)(F)C(F)(F)C(F)(F)C(F)(F)F)OC1. The van der Waals surface area contributed by atoms with Crippen LogP contribution in [-0.2, 0) is 9.47 Å². The first-order valence-corrected chi connectivity index (χ1v) is 13.0. The predicted molar refractivity (Wildman–Crippen MR) is 113 cm³/mol. The van der Waals surface area contributed by atoms with Gasteiger partial charge in [-0.25, -0.2) is 0 Å². The zero-order chi connectivity index (χ0) is 41.3. The summed E-state index contributed by atoms with van der Waals surface area (Å²) in [6.07, 6.45) is -29.0. The quantitative estimate of drug-likeness (QED) is 0.153. The van der Waals surface area contributed by atoms with Crippen molar-refractivity contribution in [2.45, 2.75) is 117 Å². The van der Waals surface area contributed by atoms with Crippen molar-refractivity contribution in [3.63, 3.8) is 0 Å². The minimum Gasteiger partial charge on any atom is -0.352 e. The highest BCUT2D eigenvalue weighted by Gasteiger charge is 2.92. The summed E-state index contributed by atoms with van der Waals surface area (Å²) in [6, 6.07) is 0. The molecule has 0 amide bonds. The highest BCUT2D eigenvalue weighted by molar-refractivity contribution is 5.11. The highest BCUT2D eigenvalue weighted by atomic mass is 19.4. The van der Waals surface area contributed by atoms with Gasteiger partial charge in [0.05, 0.1) is 13.2 Å². The molecule has 306 valence electrons. The van der Waals surface area contributed by atoms with Crippen LogP contribution in [0.1, 0.15) is 39.5 Å². The van der Waals surface area contributed by atoms with Crippen molar-refractivity contribution in [1.29, 1.82) is 0 Å². The van der Waals surface area contributed by atoms with Crippen LogP contribution in [-0.4, -0.2) is 91.1 Å². The molecule has 0 unspecified atom stereocenters. The van der Waals surface area contributed by atoms with Crippen molar-refractivity contribution < 1.29 is 124 Å². The van der Waals surface area contributed by atoms with Gasteiger partial charge in [0, 0.05) is 24.2 Å². The van der Waals surface area contributed by atoms with Gasteiger partial charge in [-0.1, -0.05) is 13.8 Å². The Kier molecular flexibility index (Phi) is 12.1. The summed E-state index contributed by atoms with van der Waals surface area (Å²) in [5, 5.41) is 0. The van der Waals surface area contributed by atoms with Crippen LogP contribution in [0, 0.1) is 11.3 Å². The van der Waals surface area contributed by atoms with Gasteiger partial charge in [-0.15, -0.1) is 0 Å². The van der Waals surface area contributed by atoms with Crippen molar-refractivity contribution in [2.75, 3.05) is 13.2 Å². The van der Waals surface area contributed by atoms with Gasteiger partial charge < -0.3 is 9.47 Å². The number of alkyl halides is 26. The third kappa shape index (κ3) is 7.58. The molecular weight excluding hydrogens is 802 g/mol. The van der Waals surface area contributed by atoms with Gasteiger partial charge in [-0.05, 0) is 12.8 Å². The molecule has 28 heteroatoms. The average molecular weight is 822 g/mol. The van der Waals surface area contributed by atoms with Crippen LogP contribution in [0.3, 0.4) is 0 Å². The Balaban J connectivity index is 3.54. The zero-order valence-electron chi connectivity index (χ0n) is 24.5. The molecule has 0 spiro atoms. The first kappa shape index (κ1) is 47.1. The Bertz CT molecular complexity index is 1110. The fraction of sp³-hybridized carbons (Fsp3) is 1.00. The summed E-state index contributed by atoms with van der Waals surface area (Å²) in [5.41, 5.74) is -1.16. The van der Waals surface area contributed by atoms with E-state index in [9.17, 15) is 114 Å². The largest absolute Gasteiger partial charge is 0.460 e. The van der Waals surface area contributed by atoms with Gasteiger partial charge in [0.15, 0.2) is 6.29 Å². The van der Waals surface area contributed by atoms with E-state index in [4.69, 9.17) is 9.47 Å². The smallest absolute Gasteiger partial charge is 0.352 e. The lowest BCUT2D eigenvalue weighted by molar-refractivity contribution is -0.440. The monoisotopic (exact) mass is 822 g/mol. The van der Waals surface area contributed by atoms with Gasteiger partial charge in [0.25, 0.3) is 0 Å². The van der Waals surface area contributed by atoms with Gasteiger partial charge in [-0.3, -0.25) is 0 Å². The Labute approximate surface area is 266 Å². The van der Waals surface area contributed by atoms with E-state index in [1.165, 1.54) is 13.8 Å². The summed E-state index contributed by atoms with van der Waals surface area (Å²) in [6.45, 7) is 1.03. The van der Waals surface area contributed by atoms with E-state index in [1.54, 1.807) is 0 Å². The van der Waals surface area contributed by atoms with E-state index >= 15 is 0 Å². The third-order valence-electron chi connectivity index (χ3n) is 7.32. The number of ether oxygens (including phenoxy) is 2. The van der Waals surface area contributed by atoms with E-state index in [0.717, 1.165) is 0 Å². The Morgan fingerprint density at radius 3 is 0.882 bits per heavy atom.